The number of rotatable bonds is 1. The summed E-state index contributed by atoms with van der Waals surface area (Å²) in [6.07, 6.45) is 1.58. The number of allylic oxidation sites excluding steroid dienone is 1. The van der Waals surface area contributed by atoms with Crippen molar-refractivity contribution >= 4 is 34.8 Å². The molecule has 0 bridgehead atoms. The quantitative estimate of drug-likeness (QED) is 0.819. The van der Waals surface area contributed by atoms with Crippen LogP contribution in [0.2, 0.25) is 5.02 Å². The van der Waals surface area contributed by atoms with Crippen LogP contribution in [-0.4, -0.2) is 5.78 Å². The maximum Gasteiger partial charge on any atom is 0.167 e. The van der Waals surface area contributed by atoms with Gasteiger partial charge < -0.3 is 5.32 Å². The van der Waals surface area contributed by atoms with Crippen molar-refractivity contribution in [3.63, 3.8) is 0 Å². The SMILES string of the molecule is CC(=O)C1=CNc2c(Cl)cc(F)cc2S1. The van der Waals surface area contributed by atoms with Gasteiger partial charge >= 0.3 is 0 Å². The molecule has 0 atom stereocenters. The van der Waals surface area contributed by atoms with Crippen molar-refractivity contribution < 1.29 is 9.18 Å². The zero-order valence-electron chi connectivity index (χ0n) is 7.80. The summed E-state index contributed by atoms with van der Waals surface area (Å²) in [5.41, 5.74) is 0.646. The molecule has 15 heavy (non-hydrogen) atoms. The molecule has 2 rings (SSSR count). The Hall–Kier alpha value is -1.00. The predicted octanol–water partition coefficient (Wildman–Crippen LogP) is 3.43. The molecule has 0 unspecified atom stereocenters. The van der Waals surface area contributed by atoms with E-state index in [-0.39, 0.29) is 5.78 Å². The van der Waals surface area contributed by atoms with Crippen molar-refractivity contribution in [3.05, 3.63) is 34.1 Å². The van der Waals surface area contributed by atoms with Crippen LogP contribution in [0.5, 0.6) is 0 Å². The Morgan fingerprint density at radius 3 is 2.93 bits per heavy atom. The number of Topliss-reactive ketones (excluding diaryl/α,β-unsaturated/α-hetero) is 1. The number of hydrogen-bond donors (Lipinski definition) is 1. The number of fused-ring (bicyclic) bond motifs is 1. The fourth-order valence-corrected chi connectivity index (χ4v) is 2.49. The number of carbonyl (C=O) groups is 1. The number of benzene rings is 1. The summed E-state index contributed by atoms with van der Waals surface area (Å²) >= 11 is 7.06. The Morgan fingerprint density at radius 1 is 1.53 bits per heavy atom. The first-order valence-electron chi connectivity index (χ1n) is 4.22. The van der Waals surface area contributed by atoms with Gasteiger partial charge in [0.25, 0.3) is 0 Å². The van der Waals surface area contributed by atoms with E-state index in [1.165, 1.54) is 30.8 Å². The minimum Gasteiger partial charge on any atom is -0.358 e. The molecule has 1 aliphatic heterocycles. The van der Waals surface area contributed by atoms with Crippen molar-refractivity contribution in [2.45, 2.75) is 11.8 Å². The second-order valence-corrected chi connectivity index (χ2v) is 4.56. The van der Waals surface area contributed by atoms with E-state index in [9.17, 15) is 9.18 Å². The maximum atomic E-state index is 13.1. The van der Waals surface area contributed by atoms with Crippen LogP contribution in [0.25, 0.3) is 0 Å². The standard InChI is InChI=1S/C10H7ClFNOS/c1-5(14)9-4-13-10-7(11)2-6(12)3-8(10)15-9/h2-4,13H,1H3. The number of anilines is 1. The molecule has 0 radical (unpaired) electrons. The highest BCUT2D eigenvalue weighted by molar-refractivity contribution is 8.04. The smallest absolute Gasteiger partial charge is 0.167 e. The van der Waals surface area contributed by atoms with E-state index in [2.05, 4.69) is 5.32 Å². The molecular weight excluding hydrogens is 237 g/mol. The molecule has 1 heterocycles. The fourth-order valence-electron chi connectivity index (χ4n) is 1.23. The molecule has 0 saturated heterocycles. The van der Waals surface area contributed by atoms with Gasteiger partial charge in [-0.15, -0.1) is 0 Å². The maximum absolute atomic E-state index is 13.1. The van der Waals surface area contributed by atoms with E-state index in [1.807, 2.05) is 0 Å². The van der Waals surface area contributed by atoms with Gasteiger partial charge in [-0.3, -0.25) is 4.79 Å². The zero-order chi connectivity index (χ0) is 11.0. The predicted molar refractivity (Wildman–Crippen MR) is 59.7 cm³/mol. The van der Waals surface area contributed by atoms with Crippen LogP contribution < -0.4 is 5.32 Å². The molecule has 78 valence electrons. The molecule has 1 N–H and O–H groups in total. The second-order valence-electron chi connectivity index (χ2n) is 3.07. The molecule has 2 nitrogen and oxygen atoms in total. The van der Waals surface area contributed by atoms with Gasteiger partial charge in [-0.2, -0.15) is 0 Å². The van der Waals surface area contributed by atoms with Crippen LogP contribution in [0.1, 0.15) is 6.92 Å². The number of halogens is 2. The molecule has 0 aromatic heterocycles. The highest BCUT2D eigenvalue weighted by atomic mass is 35.5. The van der Waals surface area contributed by atoms with Gasteiger partial charge in [0.05, 0.1) is 15.6 Å². The van der Waals surface area contributed by atoms with Crippen LogP contribution in [0.15, 0.2) is 28.1 Å². The van der Waals surface area contributed by atoms with Gasteiger partial charge in [0.1, 0.15) is 5.82 Å². The van der Waals surface area contributed by atoms with Crippen molar-refractivity contribution in [1.82, 2.24) is 0 Å². The van der Waals surface area contributed by atoms with Crippen molar-refractivity contribution in [1.29, 1.82) is 0 Å². The molecule has 0 amide bonds. The summed E-state index contributed by atoms with van der Waals surface area (Å²) in [5.74, 6) is -0.462. The Bertz CT molecular complexity index is 473. The molecule has 5 heteroatoms. The third-order valence-electron chi connectivity index (χ3n) is 1.93. The normalized spacial score (nSPS) is 13.9. The lowest BCUT2D eigenvalue weighted by molar-refractivity contribution is -0.112. The highest BCUT2D eigenvalue weighted by Gasteiger charge is 2.18. The lowest BCUT2D eigenvalue weighted by atomic mass is 10.3. The zero-order valence-corrected chi connectivity index (χ0v) is 9.38. The molecule has 1 aliphatic rings. The molecule has 0 spiro atoms. The lowest BCUT2D eigenvalue weighted by Gasteiger charge is -2.17. The Labute approximate surface area is 95.5 Å². The molecular formula is C10H7ClFNOS. The Balaban J connectivity index is 2.44. The van der Waals surface area contributed by atoms with E-state index in [0.717, 1.165) is 0 Å². The van der Waals surface area contributed by atoms with Crippen molar-refractivity contribution in [2.75, 3.05) is 5.32 Å². The second kappa shape index (κ2) is 3.87. The summed E-state index contributed by atoms with van der Waals surface area (Å²) in [4.78, 5) is 12.3. The molecule has 0 fully saturated rings. The number of hydrogen-bond acceptors (Lipinski definition) is 3. The largest absolute Gasteiger partial charge is 0.358 e. The first kappa shape index (κ1) is 10.5. The number of thioether (sulfide) groups is 1. The Morgan fingerprint density at radius 2 is 2.27 bits per heavy atom. The topological polar surface area (TPSA) is 29.1 Å². The van der Waals surface area contributed by atoms with Gasteiger partial charge in [-0.25, -0.2) is 4.39 Å². The summed E-state index contributed by atoms with van der Waals surface area (Å²) in [6, 6.07) is 2.59. The fraction of sp³-hybridized carbons (Fsp3) is 0.100. The Kier molecular flexibility index (Phi) is 2.71. The monoisotopic (exact) mass is 243 g/mol. The third kappa shape index (κ3) is 2.01. The lowest BCUT2D eigenvalue weighted by Crippen LogP contribution is -2.04. The first-order chi connectivity index (χ1) is 7.08. The summed E-state index contributed by atoms with van der Waals surface area (Å²) in [7, 11) is 0. The molecule has 1 aromatic carbocycles. The average molecular weight is 244 g/mol. The summed E-state index contributed by atoms with van der Waals surface area (Å²) in [5, 5.41) is 3.20. The molecule has 0 saturated carbocycles. The summed E-state index contributed by atoms with van der Waals surface area (Å²) in [6.45, 7) is 1.46. The van der Waals surface area contributed by atoms with Crippen molar-refractivity contribution in [2.24, 2.45) is 0 Å². The van der Waals surface area contributed by atoms with Crippen LogP contribution in [0.3, 0.4) is 0 Å². The third-order valence-corrected chi connectivity index (χ3v) is 3.40. The van der Waals surface area contributed by atoms with Crippen LogP contribution in [0, 0.1) is 5.82 Å². The van der Waals surface area contributed by atoms with Crippen LogP contribution >= 0.6 is 23.4 Å². The van der Waals surface area contributed by atoms with Crippen LogP contribution in [0.4, 0.5) is 10.1 Å². The van der Waals surface area contributed by atoms with E-state index < -0.39 is 5.82 Å². The van der Waals surface area contributed by atoms with Gasteiger partial charge in [-0.05, 0) is 19.1 Å². The van der Waals surface area contributed by atoms with Gasteiger partial charge in [0.15, 0.2) is 5.78 Å². The van der Waals surface area contributed by atoms with E-state index in [0.29, 0.717) is 20.5 Å². The molecule has 1 aromatic rings. The van der Waals surface area contributed by atoms with E-state index in [1.54, 1.807) is 6.20 Å². The first-order valence-corrected chi connectivity index (χ1v) is 5.42. The minimum atomic E-state index is -0.405. The van der Waals surface area contributed by atoms with Gasteiger partial charge in [0, 0.05) is 11.1 Å². The average Bonchev–Trinajstić information content (AvgIpc) is 2.16. The van der Waals surface area contributed by atoms with Gasteiger partial charge in [0.2, 0.25) is 0 Å². The number of ketones is 1. The van der Waals surface area contributed by atoms with E-state index in [4.69, 9.17) is 11.6 Å². The number of carbonyl (C=O) groups excluding carboxylic acids is 1. The van der Waals surface area contributed by atoms with Gasteiger partial charge in [-0.1, -0.05) is 23.4 Å². The minimum absolute atomic E-state index is 0.0569. The van der Waals surface area contributed by atoms with E-state index >= 15 is 0 Å². The van der Waals surface area contributed by atoms with Crippen molar-refractivity contribution in [3.8, 4) is 0 Å². The summed E-state index contributed by atoms with van der Waals surface area (Å²) < 4.78 is 13.1. The number of nitrogens with one attached hydrogen (secondary N) is 1. The highest BCUT2D eigenvalue weighted by Crippen LogP contribution is 2.41. The van der Waals surface area contributed by atoms with Crippen LogP contribution in [-0.2, 0) is 4.79 Å². The molecule has 0 aliphatic carbocycles.